The summed E-state index contributed by atoms with van der Waals surface area (Å²) in [7, 11) is 0. The van der Waals surface area contributed by atoms with Crippen molar-refractivity contribution in [3.05, 3.63) is 64.6 Å². The van der Waals surface area contributed by atoms with E-state index in [1.54, 1.807) is 6.07 Å². The van der Waals surface area contributed by atoms with Gasteiger partial charge < -0.3 is 9.73 Å². The number of hydrogen-bond donors (Lipinski definition) is 1. The zero-order chi connectivity index (χ0) is 15.0. The molecule has 0 aliphatic heterocycles. The van der Waals surface area contributed by atoms with Crippen LogP contribution in [0.1, 0.15) is 16.1 Å². The second-order valence-electron chi connectivity index (χ2n) is 4.63. The van der Waals surface area contributed by atoms with E-state index in [0.717, 1.165) is 17.0 Å². The van der Waals surface area contributed by atoms with Crippen molar-refractivity contribution in [2.45, 2.75) is 6.92 Å². The normalized spacial score (nSPS) is 10.8. The highest BCUT2D eigenvalue weighted by Crippen LogP contribution is 2.27. The summed E-state index contributed by atoms with van der Waals surface area (Å²) in [6, 6.07) is 11.2. The summed E-state index contributed by atoms with van der Waals surface area (Å²) < 4.78 is 18.6. The fraction of sp³-hybridized carbons (Fsp3) is 0.0625. The lowest BCUT2D eigenvalue weighted by molar-refractivity contribution is 0.0998. The number of anilines is 1. The number of hydrogen-bond acceptors (Lipinski definition) is 2. The van der Waals surface area contributed by atoms with Crippen LogP contribution in [0.2, 0.25) is 5.02 Å². The van der Waals surface area contributed by atoms with E-state index in [4.69, 9.17) is 16.0 Å². The molecule has 1 heterocycles. The summed E-state index contributed by atoms with van der Waals surface area (Å²) in [5.41, 5.74) is 1.73. The maximum atomic E-state index is 13.0. The van der Waals surface area contributed by atoms with Crippen LogP contribution in [-0.4, -0.2) is 5.91 Å². The average Bonchev–Trinajstić information content (AvgIpc) is 2.80. The van der Waals surface area contributed by atoms with E-state index in [0.29, 0.717) is 11.3 Å². The number of nitrogens with one attached hydrogen (secondary N) is 1. The quantitative estimate of drug-likeness (QED) is 0.740. The maximum Gasteiger partial charge on any atom is 0.291 e. The summed E-state index contributed by atoms with van der Waals surface area (Å²) >= 11 is 5.89. The first kappa shape index (κ1) is 13.6. The molecule has 0 fully saturated rings. The fourth-order valence-electron chi connectivity index (χ4n) is 2.16. The van der Waals surface area contributed by atoms with Gasteiger partial charge in [-0.15, -0.1) is 0 Å². The number of carbonyl (C=O) groups excluding carboxylic acids is 1. The smallest absolute Gasteiger partial charge is 0.291 e. The Balaban J connectivity index is 1.95. The van der Waals surface area contributed by atoms with Gasteiger partial charge in [-0.1, -0.05) is 29.8 Å². The van der Waals surface area contributed by atoms with Crippen LogP contribution in [0, 0.1) is 12.7 Å². The third kappa shape index (κ3) is 2.50. The van der Waals surface area contributed by atoms with Gasteiger partial charge in [0.15, 0.2) is 5.76 Å². The van der Waals surface area contributed by atoms with Gasteiger partial charge >= 0.3 is 0 Å². The number of amides is 1. The van der Waals surface area contributed by atoms with E-state index in [1.165, 1.54) is 12.1 Å². The summed E-state index contributed by atoms with van der Waals surface area (Å²) in [4.78, 5) is 12.3. The molecule has 0 aliphatic rings. The molecule has 21 heavy (non-hydrogen) atoms. The zero-order valence-electron chi connectivity index (χ0n) is 11.1. The Bertz CT molecular complexity index is 841. The lowest BCUT2D eigenvalue weighted by atomic mass is 10.1. The van der Waals surface area contributed by atoms with Gasteiger partial charge in [0.2, 0.25) is 0 Å². The number of carbonyl (C=O) groups is 1. The second kappa shape index (κ2) is 5.22. The molecule has 0 aliphatic carbocycles. The van der Waals surface area contributed by atoms with Crippen LogP contribution in [0.25, 0.3) is 11.0 Å². The Morgan fingerprint density at radius 1 is 1.24 bits per heavy atom. The number of rotatable bonds is 2. The van der Waals surface area contributed by atoms with Gasteiger partial charge in [-0.05, 0) is 31.2 Å². The average molecular weight is 304 g/mol. The molecule has 3 nitrogen and oxygen atoms in total. The van der Waals surface area contributed by atoms with Crippen molar-refractivity contribution in [3.8, 4) is 0 Å². The van der Waals surface area contributed by atoms with Gasteiger partial charge in [-0.25, -0.2) is 4.39 Å². The van der Waals surface area contributed by atoms with Crippen molar-refractivity contribution in [2.75, 3.05) is 5.32 Å². The Hall–Kier alpha value is -2.33. The van der Waals surface area contributed by atoms with Crippen LogP contribution in [0.5, 0.6) is 0 Å². The van der Waals surface area contributed by atoms with Crippen LogP contribution >= 0.6 is 11.6 Å². The largest absolute Gasteiger partial charge is 0.451 e. The van der Waals surface area contributed by atoms with Crippen molar-refractivity contribution in [3.63, 3.8) is 0 Å². The fourth-order valence-corrected chi connectivity index (χ4v) is 2.38. The molecule has 106 valence electrons. The molecule has 1 amide bonds. The first-order valence-electron chi connectivity index (χ1n) is 6.31. The molecule has 0 saturated carbocycles. The van der Waals surface area contributed by atoms with Crippen molar-refractivity contribution in [1.82, 2.24) is 0 Å². The minimum Gasteiger partial charge on any atom is -0.451 e. The van der Waals surface area contributed by atoms with Gasteiger partial charge in [-0.3, -0.25) is 4.79 Å². The van der Waals surface area contributed by atoms with Gasteiger partial charge in [-0.2, -0.15) is 0 Å². The summed E-state index contributed by atoms with van der Waals surface area (Å²) in [6.45, 7) is 1.81. The van der Waals surface area contributed by atoms with Crippen molar-refractivity contribution in [2.24, 2.45) is 0 Å². The highest BCUT2D eigenvalue weighted by Gasteiger charge is 2.18. The number of fused-ring (bicyclic) bond motifs is 1. The van der Waals surface area contributed by atoms with Crippen molar-refractivity contribution < 1.29 is 13.6 Å². The molecule has 0 radical (unpaired) electrons. The van der Waals surface area contributed by atoms with Crippen LogP contribution in [-0.2, 0) is 0 Å². The predicted molar refractivity (Wildman–Crippen MR) is 80.3 cm³/mol. The molecule has 0 bridgehead atoms. The van der Waals surface area contributed by atoms with Gasteiger partial charge in [0, 0.05) is 10.9 Å². The molecule has 0 spiro atoms. The van der Waals surface area contributed by atoms with E-state index < -0.39 is 11.7 Å². The molecule has 1 aromatic heterocycles. The topological polar surface area (TPSA) is 42.2 Å². The summed E-state index contributed by atoms with van der Waals surface area (Å²) in [5.74, 6) is -0.660. The number of halogens is 2. The molecule has 2 aromatic carbocycles. The molecule has 0 unspecified atom stereocenters. The highest BCUT2D eigenvalue weighted by molar-refractivity contribution is 6.33. The van der Waals surface area contributed by atoms with Crippen molar-refractivity contribution in [1.29, 1.82) is 0 Å². The van der Waals surface area contributed by atoms with E-state index in [1.807, 2.05) is 25.1 Å². The SMILES string of the molecule is Cc1c(C(=O)Nc2ccc(F)cc2Cl)oc2ccccc12. The van der Waals surface area contributed by atoms with Crippen molar-refractivity contribution >= 4 is 34.2 Å². The number of furan rings is 1. The molecule has 5 heteroatoms. The number of benzene rings is 2. The molecule has 1 N–H and O–H groups in total. The Morgan fingerprint density at radius 3 is 2.71 bits per heavy atom. The molecular formula is C16H11ClFNO2. The third-order valence-corrected chi connectivity index (χ3v) is 3.54. The molecule has 0 saturated heterocycles. The highest BCUT2D eigenvalue weighted by atomic mass is 35.5. The first-order valence-corrected chi connectivity index (χ1v) is 6.68. The Labute approximate surface area is 125 Å². The van der Waals surface area contributed by atoms with E-state index >= 15 is 0 Å². The summed E-state index contributed by atoms with van der Waals surface area (Å²) in [5, 5.41) is 3.64. The molecule has 3 rings (SSSR count). The first-order chi connectivity index (χ1) is 10.1. The van der Waals surface area contributed by atoms with Crippen LogP contribution in [0.3, 0.4) is 0 Å². The summed E-state index contributed by atoms with van der Waals surface area (Å²) in [6.07, 6.45) is 0. The minimum atomic E-state index is -0.460. The third-order valence-electron chi connectivity index (χ3n) is 3.23. The van der Waals surface area contributed by atoms with Gasteiger partial charge in [0.05, 0.1) is 10.7 Å². The van der Waals surface area contributed by atoms with Crippen LogP contribution in [0.4, 0.5) is 10.1 Å². The van der Waals surface area contributed by atoms with Crippen LogP contribution < -0.4 is 5.32 Å². The van der Waals surface area contributed by atoms with E-state index in [-0.39, 0.29) is 10.8 Å². The van der Waals surface area contributed by atoms with E-state index in [9.17, 15) is 9.18 Å². The number of para-hydroxylation sites is 1. The van der Waals surface area contributed by atoms with Gasteiger partial charge in [0.1, 0.15) is 11.4 Å². The van der Waals surface area contributed by atoms with Gasteiger partial charge in [0.25, 0.3) is 5.91 Å². The lowest BCUT2D eigenvalue weighted by Crippen LogP contribution is -2.12. The lowest BCUT2D eigenvalue weighted by Gasteiger charge is -2.06. The Kier molecular flexibility index (Phi) is 3.39. The predicted octanol–water partition coefficient (Wildman–Crippen LogP) is 4.79. The monoisotopic (exact) mass is 303 g/mol. The van der Waals surface area contributed by atoms with E-state index in [2.05, 4.69) is 5.32 Å². The maximum absolute atomic E-state index is 13.0. The number of aryl methyl sites for hydroxylation is 1. The Morgan fingerprint density at radius 2 is 2.00 bits per heavy atom. The minimum absolute atomic E-state index is 0.136. The van der Waals surface area contributed by atoms with Crippen LogP contribution in [0.15, 0.2) is 46.9 Å². The standard InChI is InChI=1S/C16H11ClFNO2/c1-9-11-4-2-3-5-14(11)21-15(9)16(20)19-13-7-6-10(18)8-12(13)17/h2-8H,1H3,(H,19,20). The molecular weight excluding hydrogens is 293 g/mol. The molecule has 0 atom stereocenters. The second-order valence-corrected chi connectivity index (χ2v) is 5.04. The zero-order valence-corrected chi connectivity index (χ0v) is 11.9. The molecule has 3 aromatic rings.